The van der Waals surface area contributed by atoms with Crippen LogP contribution in [0.15, 0.2) is 85.6 Å². The largest absolute Gasteiger partial charge is 0.488 e. The predicted octanol–water partition coefficient (Wildman–Crippen LogP) is 7.11. The Hall–Kier alpha value is -3.80. The van der Waals surface area contributed by atoms with Gasteiger partial charge in [-0.15, -0.1) is 0 Å². The molecule has 6 heteroatoms. The summed E-state index contributed by atoms with van der Waals surface area (Å²) < 4.78 is 49.5. The molecule has 180 valence electrons. The first-order valence-corrected chi connectivity index (χ1v) is 11.4. The van der Waals surface area contributed by atoms with Gasteiger partial charge in [0.25, 0.3) is 0 Å². The average molecular weight is 478 g/mol. The Balaban J connectivity index is 1.37. The van der Waals surface area contributed by atoms with Gasteiger partial charge in [0.05, 0.1) is 6.20 Å². The highest BCUT2D eigenvalue weighted by Crippen LogP contribution is 2.25. The van der Waals surface area contributed by atoms with Crippen LogP contribution in [0.2, 0.25) is 0 Å². The number of aromatic nitrogens is 1. The molecule has 1 heterocycles. The van der Waals surface area contributed by atoms with Gasteiger partial charge in [0, 0.05) is 11.1 Å². The zero-order valence-corrected chi connectivity index (χ0v) is 19.2. The van der Waals surface area contributed by atoms with Crippen LogP contribution in [0.3, 0.4) is 0 Å². The minimum atomic E-state index is -2.85. The fourth-order valence-corrected chi connectivity index (χ4v) is 3.92. The molecule has 0 saturated carbocycles. The van der Waals surface area contributed by atoms with Gasteiger partial charge in [0.1, 0.15) is 23.9 Å². The first kappa shape index (κ1) is 24.3. The summed E-state index contributed by atoms with van der Waals surface area (Å²) in [4.78, 5) is 4.44. The van der Waals surface area contributed by atoms with Crippen LogP contribution in [-0.2, 0) is 25.7 Å². The molecule has 0 bridgehead atoms. The second kappa shape index (κ2) is 11.6. The maximum absolute atomic E-state index is 15.2. The lowest BCUT2D eigenvalue weighted by atomic mass is 9.98. The van der Waals surface area contributed by atoms with Gasteiger partial charge in [-0.05, 0) is 72.0 Å². The van der Waals surface area contributed by atoms with Crippen LogP contribution in [0, 0.1) is 5.82 Å². The van der Waals surface area contributed by atoms with Crippen molar-refractivity contribution >= 4 is 10.8 Å². The summed E-state index contributed by atoms with van der Waals surface area (Å²) in [6.07, 6.45) is 6.08. The second-order valence-electron chi connectivity index (χ2n) is 8.20. The van der Waals surface area contributed by atoms with Gasteiger partial charge in [0.15, 0.2) is 0 Å². The molecule has 0 amide bonds. The number of hydrogen-bond donors (Lipinski definition) is 0. The van der Waals surface area contributed by atoms with E-state index in [2.05, 4.69) is 16.3 Å². The lowest BCUT2D eigenvalue weighted by molar-refractivity contribution is -0.0498. The van der Waals surface area contributed by atoms with Crippen molar-refractivity contribution in [3.05, 3.63) is 114 Å². The Morgan fingerprint density at radius 3 is 2.29 bits per heavy atom. The number of ether oxygens (including phenoxy) is 2. The third-order valence-electron chi connectivity index (χ3n) is 5.77. The number of alkyl halides is 2. The molecular formula is C29H26F3NO2. The van der Waals surface area contributed by atoms with Gasteiger partial charge in [-0.3, -0.25) is 4.98 Å². The van der Waals surface area contributed by atoms with Crippen molar-refractivity contribution < 1.29 is 22.6 Å². The summed E-state index contributed by atoms with van der Waals surface area (Å²) in [6, 6.07) is 19.9. The molecule has 0 aliphatic rings. The third kappa shape index (κ3) is 6.63. The van der Waals surface area contributed by atoms with Crippen LogP contribution in [0.1, 0.15) is 22.4 Å². The number of pyridine rings is 1. The molecule has 35 heavy (non-hydrogen) atoms. The van der Waals surface area contributed by atoms with Crippen molar-refractivity contribution in [2.75, 3.05) is 6.61 Å². The Morgan fingerprint density at radius 1 is 0.829 bits per heavy atom. The quantitative estimate of drug-likeness (QED) is 0.216. The van der Waals surface area contributed by atoms with E-state index in [1.807, 2.05) is 42.5 Å². The van der Waals surface area contributed by atoms with Gasteiger partial charge in [-0.25, -0.2) is 4.39 Å². The standard InChI is InChI=1S/C29H26F3NO2/c1-2-17-34-26-15-12-24(33-19-26)11-4-21-7-16-27-23(18-21)10-9-22(28(27)30)8-3-20-5-13-25(14-6-20)35-29(31)32/h2,5-7,9-10,12-16,18-19,29H,1,3-4,8,11,17H2. The summed E-state index contributed by atoms with van der Waals surface area (Å²) in [6.45, 7) is 1.23. The van der Waals surface area contributed by atoms with Crippen LogP contribution in [0.25, 0.3) is 10.8 Å². The normalized spacial score (nSPS) is 11.1. The van der Waals surface area contributed by atoms with Gasteiger partial charge in [-0.1, -0.05) is 55.1 Å². The van der Waals surface area contributed by atoms with E-state index >= 15 is 4.39 Å². The molecule has 0 fully saturated rings. The van der Waals surface area contributed by atoms with E-state index in [1.54, 1.807) is 24.4 Å². The molecule has 0 spiro atoms. The van der Waals surface area contributed by atoms with E-state index in [4.69, 9.17) is 4.74 Å². The van der Waals surface area contributed by atoms with Crippen molar-refractivity contribution in [2.45, 2.75) is 32.3 Å². The van der Waals surface area contributed by atoms with Gasteiger partial charge in [-0.2, -0.15) is 8.78 Å². The number of benzene rings is 3. The summed E-state index contributed by atoms with van der Waals surface area (Å²) in [5.74, 6) is 0.605. The van der Waals surface area contributed by atoms with E-state index in [-0.39, 0.29) is 11.6 Å². The minimum absolute atomic E-state index is 0.113. The SMILES string of the molecule is C=CCOc1ccc(CCc2ccc3c(F)c(CCc4ccc(OC(F)F)cc4)ccc3c2)nc1. The smallest absolute Gasteiger partial charge is 0.387 e. The van der Waals surface area contributed by atoms with E-state index in [0.29, 0.717) is 36.1 Å². The first-order chi connectivity index (χ1) is 17.0. The molecule has 0 unspecified atom stereocenters. The number of aryl methyl sites for hydroxylation is 4. The van der Waals surface area contributed by atoms with Crippen molar-refractivity contribution in [3.63, 3.8) is 0 Å². The number of halogens is 3. The molecule has 0 radical (unpaired) electrons. The van der Waals surface area contributed by atoms with Gasteiger partial charge in [0.2, 0.25) is 0 Å². The monoisotopic (exact) mass is 477 g/mol. The van der Waals surface area contributed by atoms with E-state index in [1.165, 1.54) is 12.1 Å². The lowest BCUT2D eigenvalue weighted by Crippen LogP contribution is -2.02. The fraction of sp³-hybridized carbons (Fsp3) is 0.207. The molecule has 3 aromatic carbocycles. The molecule has 0 aliphatic heterocycles. The van der Waals surface area contributed by atoms with Crippen LogP contribution in [-0.4, -0.2) is 18.2 Å². The van der Waals surface area contributed by atoms with E-state index in [0.717, 1.165) is 35.0 Å². The predicted molar refractivity (Wildman–Crippen MR) is 132 cm³/mol. The van der Waals surface area contributed by atoms with Crippen molar-refractivity contribution in [2.24, 2.45) is 0 Å². The third-order valence-corrected chi connectivity index (χ3v) is 5.77. The summed E-state index contributed by atoms with van der Waals surface area (Å²) in [5.41, 5.74) is 3.63. The maximum Gasteiger partial charge on any atom is 0.387 e. The highest BCUT2D eigenvalue weighted by Gasteiger charge is 2.10. The molecule has 4 aromatic rings. The fourth-order valence-electron chi connectivity index (χ4n) is 3.92. The van der Waals surface area contributed by atoms with Crippen molar-refractivity contribution in [1.29, 1.82) is 0 Å². The van der Waals surface area contributed by atoms with Crippen LogP contribution >= 0.6 is 0 Å². The lowest BCUT2D eigenvalue weighted by Gasteiger charge is -2.10. The van der Waals surface area contributed by atoms with Gasteiger partial charge < -0.3 is 9.47 Å². The highest BCUT2D eigenvalue weighted by atomic mass is 19.3. The summed E-state index contributed by atoms with van der Waals surface area (Å²) >= 11 is 0. The Kier molecular flexibility index (Phi) is 8.03. The Morgan fingerprint density at radius 2 is 1.57 bits per heavy atom. The number of rotatable bonds is 11. The van der Waals surface area contributed by atoms with Gasteiger partial charge >= 0.3 is 6.61 Å². The van der Waals surface area contributed by atoms with Crippen molar-refractivity contribution in [1.82, 2.24) is 4.98 Å². The van der Waals surface area contributed by atoms with E-state index < -0.39 is 6.61 Å². The minimum Gasteiger partial charge on any atom is -0.488 e. The topological polar surface area (TPSA) is 31.4 Å². The van der Waals surface area contributed by atoms with E-state index in [9.17, 15) is 8.78 Å². The number of fused-ring (bicyclic) bond motifs is 1. The van der Waals surface area contributed by atoms with Crippen molar-refractivity contribution in [3.8, 4) is 11.5 Å². The first-order valence-electron chi connectivity index (χ1n) is 11.4. The van der Waals surface area contributed by atoms with Crippen LogP contribution < -0.4 is 9.47 Å². The van der Waals surface area contributed by atoms with Crippen LogP contribution in [0.4, 0.5) is 13.2 Å². The Labute approximate surface area is 202 Å². The molecule has 3 nitrogen and oxygen atoms in total. The molecular weight excluding hydrogens is 451 g/mol. The molecule has 0 N–H and O–H groups in total. The number of hydrogen-bond acceptors (Lipinski definition) is 3. The van der Waals surface area contributed by atoms with Crippen LogP contribution in [0.5, 0.6) is 11.5 Å². The molecule has 0 saturated heterocycles. The highest BCUT2D eigenvalue weighted by molar-refractivity contribution is 5.84. The Bertz CT molecular complexity index is 1270. The maximum atomic E-state index is 15.2. The zero-order chi connectivity index (χ0) is 24.6. The average Bonchev–Trinajstić information content (AvgIpc) is 2.87. The molecule has 1 aromatic heterocycles. The summed E-state index contributed by atoms with van der Waals surface area (Å²) in [5, 5.41) is 1.45. The molecule has 4 rings (SSSR count). The number of nitrogens with zero attached hydrogens (tertiary/aromatic N) is 1. The second-order valence-corrected chi connectivity index (χ2v) is 8.20. The molecule has 0 atom stereocenters. The zero-order valence-electron chi connectivity index (χ0n) is 19.2. The summed E-state index contributed by atoms with van der Waals surface area (Å²) in [7, 11) is 0. The molecule has 0 aliphatic carbocycles.